The number of anilines is 1. The Kier molecular flexibility index (Phi) is 2.87. The van der Waals surface area contributed by atoms with E-state index in [1.165, 1.54) is 13.2 Å². The zero-order valence-electron chi connectivity index (χ0n) is 7.07. The van der Waals surface area contributed by atoms with Crippen LogP contribution in [0.4, 0.5) is 5.69 Å². The van der Waals surface area contributed by atoms with Crippen molar-refractivity contribution < 1.29 is 9.53 Å². The predicted molar refractivity (Wildman–Crippen MR) is 47.2 cm³/mol. The summed E-state index contributed by atoms with van der Waals surface area (Å²) in [6, 6.07) is 8.35. The topological polar surface area (TPSA) is 62.1 Å². The number of hydrogen-bond acceptors (Lipinski definition) is 3. The van der Waals surface area contributed by atoms with Gasteiger partial charge in [-0.25, -0.2) is 0 Å². The van der Waals surface area contributed by atoms with Gasteiger partial charge in [-0.3, -0.25) is 4.79 Å². The first kappa shape index (κ1) is 9.07. The van der Waals surface area contributed by atoms with E-state index in [1.54, 1.807) is 24.3 Å². The van der Waals surface area contributed by atoms with E-state index >= 15 is 0 Å². The van der Waals surface area contributed by atoms with Gasteiger partial charge in [-0.1, -0.05) is 12.1 Å². The second kappa shape index (κ2) is 4.12. The molecule has 1 amide bonds. The standard InChI is InChI=1S/C9H8N2O2/c1-13-8-5-3-2-4-7(8)11-9(12)6-10/h2-5H,1H3,(H,11,12). The third kappa shape index (κ3) is 2.20. The molecular formula is C9H8N2O2. The Morgan fingerprint density at radius 3 is 2.85 bits per heavy atom. The van der Waals surface area contributed by atoms with Crippen molar-refractivity contribution in [1.82, 2.24) is 0 Å². The molecule has 4 heteroatoms. The van der Waals surface area contributed by atoms with E-state index in [2.05, 4.69) is 5.32 Å². The highest BCUT2D eigenvalue weighted by molar-refractivity contribution is 6.03. The number of para-hydroxylation sites is 2. The summed E-state index contributed by atoms with van der Waals surface area (Å²) in [5.41, 5.74) is 0.497. The minimum Gasteiger partial charge on any atom is -0.495 e. The van der Waals surface area contributed by atoms with Gasteiger partial charge in [0, 0.05) is 0 Å². The lowest BCUT2D eigenvalue weighted by Crippen LogP contribution is -2.08. The lowest BCUT2D eigenvalue weighted by atomic mass is 10.3. The smallest absolute Gasteiger partial charge is 0.326 e. The summed E-state index contributed by atoms with van der Waals surface area (Å²) in [6.45, 7) is 0. The molecule has 0 fully saturated rings. The van der Waals surface area contributed by atoms with E-state index in [0.29, 0.717) is 11.4 Å². The molecule has 0 aliphatic carbocycles. The number of nitrogens with one attached hydrogen (secondary N) is 1. The van der Waals surface area contributed by atoms with Gasteiger partial charge in [0.2, 0.25) is 0 Å². The van der Waals surface area contributed by atoms with Gasteiger partial charge < -0.3 is 10.1 Å². The van der Waals surface area contributed by atoms with Crippen LogP contribution in [-0.2, 0) is 4.79 Å². The minimum atomic E-state index is -0.704. The number of carbonyl (C=O) groups excluding carboxylic acids is 1. The number of amides is 1. The van der Waals surface area contributed by atoms with Crippen LogP contribution >= 0.6 is 0 Å². The van der Waals surface area contributed by atoms with Crippen molar-refractivity contribution >= 4 is 11.6 Å². The van der Waals surface area contributed by atoms with Crippen LogP contribution in [-0.4, -0.2) is 13.0 Å². The SMILES string of the molecule is COc1ccccc1NC(=O)C#N. The second-order valence-electron chi connectivity index (χ2n) is 2.27. The number of methoxy groups -OCH3 is 1. The van der Waals surface area contributed by atoms with Crippen molar-refractivity contribution in [2.45, 2.75) is 0 Å². The van der Waals surface area contributed by atoms with Crippen LogP contribution in [0.3, 0.4) is 0 Å². The summed E-state index contributed by atoms with van der Waals surface area (Å²) in [5.74, 6) is -0.171. The van der Waals surface area contributed by atoms with Gasteiger partial charge in [0.25, 0.3) is 0 Å². The van der Waals surface area contributed by atoms with Crippen molar-refractivity contribution in [3.05, 3.63) is 24.3 Å². The van der Waals surface area contributed by atoms with Crippen LogP contribution in [0.5, 0.6) is 5.75 Å². The Balaban J connectivity index is 2.88. The summed E-state index contributed by atoms with van der Waals surface area (Å²) in [4.78, 5) is 10.7. The molecular weight excluding hydrogens is 168 g/mol. The van der Waals surface area contributed by atoms with Gasteiger partial charge in [-0.2, -0.15) is 5.26 Å². The predicted octanol–water partition coefficient (Wildman–Crippen LogP) is 1.16. The van der Waals surface area contributed by atoms with Crippen LogP contribution in [0, 0.1) is 11.3 Å². The Morgan fingerprint density at radius 2 is 2.23 bits per heavy atom. The fraction of sp³-hybridized carbons (Fsp3) is 0.111. The molecule has 0 unspecified atom stereocenters. The summed E-state index contributed by atoms with van der Waals surface area (Å²) in [7, 11) is 1.50. The van der Waals surface area contributed by atoms with Crippen molar-refractivity contribution in [1.29, 1.82) is 5.26 Å². The molecule has 0 bridgehead atoms. The fourth-order valence-electron chi connectivity index (χ4n) is 0.898. The number of benzene rings is 1. The van der Waals surface area contributed by atoms with Crippen LogP contribution < -0.4 is 10.1 Å². The lowest BCUT2D eigenvalue weighted by Gasteiger charge is -2.06. The average Bonchev–Trinajstić information content (AvgIpc) is 2.18. The van der Waals surface area contributed by atoms with Crippen LogP contribution in [0.25, 0.3) is 0 Å². The lowest BCUT2D eigenvalue weighted by molar-refractivity contribution is -0.111. The highest BCUT2D eigenvalue weighted by Gasteiger charge is 2.04. The average molecular weight is 176 g/mol. The molecule has 0 aliphatic heterocycles. The monoisotopic (exact) mass is 176 g/mol. The van der Waals surface area contributed by atoms with E-state index < -0.39 is 5.91 Å². The largest absolute Gasteiger partial charge is 0.495 e. The normalized spacial score (nSPS) is 8.62. The molecule has 1 aromatic rings. The van der Waals surface area contributed by atoms with Gasteiger partial charge >= 0.3 is 5.91 Å². The Bertz CT molecular complexity index is 355. The summed E-state index contributed by atoms with van der Waals surface area (Å²) in [6.07, 6.45) is 0. The fourth-order valence-corrected chi connectivity index (χ4v) is 0.898. The molecule has 1 rings (SSSR count). The van der Waals surface area contributed by atoms with E-state index in [-0.39, 0.29) is 0 Å². The number of ether oxygens (including phenoxy) is 1. The maximum atomic E-state index is 10.7. The van der Waals surface area contributed by atoms with E-state index in [0.717, 1.165) is 0 Å². The van der Waals surface area contributed by atoms with Crippen molar-refractivity contribution in [3.8, 4) is 11.8 Å². The second-order valence-corrected chi connectivity index (χ2v) is 2.27. The highest BCUT2D eigenvalue weighted by atomic mass is 16.5. The maximum absolute atomic E-state index is 10.7. The van der Waals surface area contributed by atoms with Crippen molar-refractivity contribution in [3.63, 3.8) is 0 Å². The molecule has 4 nitrogen and oxygen atoms in total. The quantitative estimate of drug-likeness (QED) is 0.687. The number of rotatable bonds is 2. The number of hydrogen-bond donors (Lipinski definition) is 1. The first-order valence-corrected chi connectivity index (χ1v) is 3.62. The van der Waals surface area contributed by atoms with Gasteiger partial charge in [0.1, 0.15) is 5.75 Å². The maximum Gasteiger partial charge on any atom is 0.326 e. The van der Waals surface area contributed by atoms with Crippen LogP contribution in [0.15, 0.2) is 24.3 Å². The summed E-state index contributed by atoms with van der Waals surface area (Å²) in [5, 5.41) is 10.6. The third-order valence-electron chi connectivity index (χ3n) is 1.46. The Morgan fingerprint density at radius 1 is 1.54 bits per heavy atom. The molecule has 66 valence electrons. The molecule has 0 heterocycles. The third-order valence-corrected chi connectivity index (χ3v) is 1.46. The van der Waals surface area contributed by atoms with Crippen molar-refractivity contribution in [2.75, 3.05) is 12.4 Å². The molecule has 0 atom stereocenters. The molecule has 0 aromatic heterocycles. The molecule has 1 N–H and O–H groups in total. The Hall–Kier alpha value is -2.02. The number of nitriles is 1. The van der Waals surface area contributed by atoms with Gasteiger partial charge in [0.15, 0.2) is 6.07 Å². The molecule has 1 aromatic carbocycles. The van der Waals surface area contributed by atoms with E-state index in [9.17, 15) is 4.79 Å². The van der Waals surface area contributed by atoms with E-state index in [1.807, 2.05) is 0 Å². The zero-order chi connectivity index (χ0) is 9.68. The van der Waals surface area contributed by atoms with Crippen LogP contribution in [0.2, 0.25) is 0 Å². The zero-order valence-corrected chi connectivity index (χ0v) is 7.07. The van der Waals surface area contributed by atoms with Crippen molar-refractivity contribution in [2.24, 2.45) is 0 Å². The number of carbonyl (C=O) groups is 1. The number of nitrogens with zero attached hydrogens (tertiary/aromatic N) is 1. The first-order chi connectivity index (χ1) is 6.27. The minimum absolute atomic E-state index is 0.497. The first-order valence-electron chi connectivity index (χ1n) is 3.62. The van der Waals surface area contributed by atoms with Crippen LogP contribution in [0.1, 0.15) is 0 Å². The van der Waals surface area contributed by atoms with Gasteiger partial charge in [0.05, 0.1) is 12.8 Å². The Labute approximate surface area is 75.7 Å². The van der Waals surface area contributed by atoms with Gasteiger partial charge in [-0.05, 0) is 12.1 Å². The molecule has 0 aliphatic rings. The molecule has 0 spiro atoms. The van der Waals surface area contributed by atoms with Gasteiger partial charge in [-0.15, -0.1) is 0 Å². The van der Waals surface area contributed by atoms with E-state index in [4.69, 9.17) is 10.00 Å². The summed E-state index contributed by atoms with van der Waals surface area (Å²) >= 11 is 0. The molecule has 0 radical (unpaired) electrons. The molecule has 0 saturated carbocycles. The highest BCUT2D eigenvalue weighted by Crippen LogP contribution is 2.22. The summed E-state index contributed by atoms with van der Waals surface area (Å²) < 4.78 is 4.97. The molecule has 0 saturated heterocycles. The molecule has 13 heavy (non-hydrogen) atoms.